The van der Waals surface area contributed by atoms with Crippen LogP contribution in [0.5, 0.6) is 11.5 Å². The lowest BCUT2D eigenvalue weighted by Crippen LogP contribution is -2.47. The number of amides is 1. The Morgan fingerprint density at radius 2 is 2.03 bits per heavy atom. The minimum atomic E-state index is -0.298. The van der Waals surface area contributed by atoms with E-state index in [1.54, 1.807) is 26.3 Å². The first-order chi connectivity index (χ1) is 17.7. The van der Waals surface area contributed by atoms with Gasteiger partial charge in [0.1, 0.15) is 17.3 Å². The van der Waals surface area contributed by atoms with Crippen molar-refractivity contribution in [1.29, 1.82) is 0 Å². The standard InChI is InChI=1S/C25H31N7O4/c1-26-20-7-4-17(16-28-20)24(33)30-25-29-21-18(23-27-8-10-32(23)25)5-6-19(22(21)34-2)36-13-3-9-31-11-14-35-15-12-31/h4-7,16H,3,8-15H2,1-2H3,(H,26,28)(H,29,30,33). The topological polar surface area (TPSA) is 113 Å². The molecule has 36 heavy (non-hydrogen) atoms. The maximum absolute atomic E-state index is 13.0. The van der Waals surface area contributed by atoms with Crippen LogP contribution in [0, 0.1) is 0 Å². The Morgan fingerprint density at radius 1 is 1.17 bits per heavy atom. The van der Waals surface area contributed by atoms with Crippen molar-refractivity contribution in [2.24, 2.45) is 9.98 Å². The lowest BCUT2D eigenvalue weighted by Gasteiger charge is -2.29. The number of amidine groups is 1. The summed E-state index contributed by atoms with van der Waals surface area (Å²) >= 11 is 0. The molecule has 11 heteroatoms. The van der Waals surface area contributed by atoms with Gasteiger partial charge in [0.05, 0.1) is 39.0 Å². The van der Waals surface area contributed by atoms with Gasteiger partial charge < -0.3 is 19.5 Å². The molecular weight excluding hydrogens is 462 g/mol. The molecule has 1 aromatic heterocycles. The van der Waals surface area contributed by atoms with Gasteiger partial charge in [0.25, 0.3) is 5.91 Å². The molecule has 4 heterocycles. The van der Waals surface area contributed by atoms with E-state index in [9.17, 15) is 4.79 Å². The first-order valence-corrected chi connectivity index (χ1v) is 12.2. The van der Waals surface area contributed by atoms with Gasteiger partial charge in [-0.25, -0.2) is 9.98 Å². The molecule has 1 aromatic carbocycles. The number of morpholine rings is 1. The molecule has 0 aliphatic carbocycles. The number of anilines is 1. The van der Waals surface area contributed by atoms with Gasteiger partial charge in [-0.1, -0.05) is 0 Å². The Hall–Kier alpha value is -3.70. The molecule has 0 unspecified atom stereocenters. The van der Waals surface area contributed by atoms with Crippen molar-refractivity contribution in [2.45, 2.75) is 6.42 Å². The Balaban J connectivity index is 1.34. The SMILES string of the molecule is CNc1ccc(C(=O)NC2=Nc3c(ccc(OCCCN4CCOCC4)c3OC)C3=NCCN23)cn1. The summed E-state index contributed by atoms with van der Waals surface area (Å²) in [6, 6.07) is 7.32. The van der Waals surface area contributed by atoms with Gasteiger partial charge in [-0.05, 0) is 30.7 Å². The summed E-state index contributed by atoms with van der Waals surface area (Å²) in [4.78, 5) is 30.9. The number of aliphatic imine (C=N–C) groups is 2. The number of carbonyl (C=O) groups excluding carboxylic acids is 1. The number of hydrogen-bond acceptors (Lipinski definition) is 10. The highest BCUT2D eigenvalue weighted by atomic mass is 16.5. The van der Waals surface area contributed by atoms with E-state index in [1.165, 1.54) is 6.20 Å². The summed E-state index contributed by atoms with van der Waals surface area (Å²) in [5, 5.41) is 5.87. The quantitative estimate of drug-likeness (QED) is 0.535. The summed E-state index contributed by atoms with van der Waals surface area (Å²) in [7, 11) is 3.38. The Morgan fingerprint density at radius 3 is 2.78 bits per heavy atom. The second kappa shape index (κ2) is 10.9. The number of aromatic nitrogens is 1. The predicted octanol–water partition coefficient (Wildman–Crippen LogP) is 1.73. The zero-order valence-electron chi connectivity index (χ0n) is 20.6. The average Bonchev–Trinajstić information content (AvgIpc) is 3.42. The number of pyridine rings is 1. The number of ether oxygens (including phenoxy) is 3. The molecule has 190 valence electrons. The van der Waals surface area contributed by atoms with Gasteiger partial charge in [0.15, 0.2) is 11.5 Å². The molecule has 0 spiro atoms. The van der Waals surface area contributed by atoms with Crippen molar-refractivity contribution < 1.29 is 19.0 Å². The molecule has 0 atom stereocenters. The fraction of sp³-hybridized carbons (Fsp3) is 0.440. The van der Waals surface area contributed by atoms with E-state index >= 15 is 0 Å². The zero-order chi connectivity index (χ0) is 24.9. The van der Waals surface area contributed by atoms with E-state index in [2.05, 4.69) is 25.5 Å². The van der Waals surface area contributed by atoms with Crippen LogP contribution in [0.2, 0.25) is 0 Å². The summed E-state index contributed by atoms with van der Waals surface area (Å²) < 4.78 is 17.2. The maximum atomic E-state index is 13.0. The minimum Gasteiger partial charge on any atom is -0.491 e. The van der Waals surface area contributed by atoms with Gasteiger partial charge in [0, 0.05) is 45.0 Å². The van der Waals surface area contributed by atoms with Crippen LogP contribution >= 0.6 is 0 Å². The summed E-state index contributed by atoms with van der Waals surface area (Å²) in [6.45, 7) is 6.25. The summed E-state index contributed by atoms with van der Waals surface area (Å²) in [5.41, 5.74) is 1.88. The molecular formula is C25H31N7O4. The summed E-state index contributed by atoms with van der Waals surface area (Å²) in [5.74, 6) is 2.70. The van der Waals surface area contributed by atoms with Gasteiger partial charge in [0.2, 0.25) is 5.96 Å². The van der Waals surface area contributed by atoms with E-state index in [0.29, 0.717) is 54.2 Å². The highest BCUT2D eigenvalue weighted by molar-refractivity contribution is 6.20. The molecule has 0 saturated carbocycles. The van der Waals surface area contributed by atoms with Crippen LogP contribution < -0.4 is 20.1 Å². The number of methoxy groups -OCH3 is 1. The highest BCUT2D eigenvalue weighted by Gasteiger charge is 2.33. The predicted molar refractivity (Wildman–Crippen MR) is 137 cm³/mol. The van der Waals surface area contributed by atoms with Crippen LogP contribution in [0.4, 0.5) is 11.5 Å². The number of benzene rings is 1. The normalized spacial score (nSPS) is 17.0. The molecule has 1 saturated heterocycles. The van der Waals surface area contributed by atoms with Crippen molar-refractivity contribution in [3.63, 3.8) is 0 Å². The van der Waals surface area contributed by atoms with Crippen molar-refractivity contribution in [3.8, 4) is 11.5 Å². The van der Waals surface area contributed by atoms with E-state index in [4.69, 9.17) is 19.2 Å². The third-order valence-electron chi connectivity index (χ3n) is 6.34. The monoisotopic (exact) mass is 493 g/mol. The third kappa shape index (κ3) is 4.98. The summed E-state index contributed by atoms with van der Waals surface area (Å²) in [6.07, 6.45) is 2.42. The average molecular weight is 494 g/mol. The number of carbonyl (C=O) groups is 1. The largest absolute Gasteiger partial charge is 0.491 e. The van der Waals surface area contributed by atoms with Crippen LogP contribution in [0.15, 0.2) is 40.4 Å². The van der Waals surface area contributed by atoms with Crippen LogP contribution in [-0.2, 0) is 4.74 Å². The fourth-order valence-electron chi connectivity index (χ4n) is 4.45. The van der Waals surface area contributed by atoms with Gasteiger partial charge in [-0.2, -0.15) is 0 Å². The lowest BCUT2D eigenvalue weighted by molar-refractivity contribution is 0.0357. The lowest BCUT2D eigenvalue weighted by atomic mass is 10.1. The second-order valence-corrected chi connectivity index (χ2v) is 8.58. The van der Waals surface area contributed by atoms with E-state index < -0.39 is 0 Å². The van der Waals surface area contributed by atoms with E-state index in [-0.39, 0.29) is 5.91 Å². The molecule has 5 rings (SSSR count). The number of nitrogens with zero attached hydrogens (tertiary/aromatic N) is 5. The molecule has 1 amide bonds. The number of nitrogens with one attached hydrogen (secondary N) is 2. The maximum Gasteiger partial charge on any atom is 0.259 e. The first-order valence-electron chi connectivity index (χ1n) is 12.2. The molecule has 3 aliphatic heterocycles. The number of fused-ring (bicyclic) bond motifs is 3. The molecule has 0 radical (unpaired) electrons. The van der Waals surface area contributed by atoms with Crippen LogP contribution in [0.1, 0.15) is 22.3 Å². The number of rotatable bonds is 8. The molecule has 0 bridgehead atoms. The first kappa shape index (κ1) is 24.0. The number of hydrogen-bond donors (Lipinski definition) is 2. The zero-order valence-corrected chi connectivity index (χ0v) is 20.6. The molecule has 2 N–H and O–H groups in total. The molecule has 1 fully saturated rings. The Kier molecular flexibility index (Phi) is 7.28. The second-order valence-electron chi connectivity index (χ2n) is 8.58. The molecule has 2 aromatic rings. The fourth-order valence-corrected chi connectivity index (χ4v) is 4.45. The van der Waals surface area contributed by atoms with Crippen LogP contribution in [0.25, 0.3) is 0 Å². The van der Waals surface area contributed by atoms with Crippen molar-refractivity contribution in [3.05, 3.63) is 41.6 Å². The third-order valence-corrected chi connectivity index (χ3v) is 6.34. The van der Waals surface area contributed by atoms with Gasteiger partial charge >= 0.3 is 0 Å². The Bertz CT molecular complexity index is 1160. The number of guanidine groups is 1. The smallest absolute Gasteiger partial charge is 0.259 e. The minimum absolute atomic E-state index is 0.298. The highest BCUT2D eigenvalue weighted by Crippen LogP contribution is 2.43. The van der Waals surface area contributed by atoms with Crippen molar-refractivity contribution >= 4 is 29.2 Å². The van der Waals surface area contributed by atoms with Gasteiger partial charge in [-0.3, -0.25) is 24.9 Å². The van der Waals surface area contributed by atoms with Crippen molar-refractivity contribution in [1.82, 2.24) is 20.1 Å². The van der Waals surface area contributed by atoms with Gasteiger partial charge in [-0.15, -0.1) is 0 Å². The van der Waals surface area contributed by atoms with Crippen LogP contribution in [-0.4, -0.2) is 99.2 Å². The van der Waals surface area contributed by atoms with E-state index in [0.717, 1.165) is 50.7 Å². The molecule has 3 aliphatic rings. The van der Waals surface area contributed by atoms with E-state index in [1.807, 2.05) is 17.0 Å². The van der Waals surface area contributed by atoms with Crippen molar-refractivity contribution in [2.75, 3.05) is 72.0 Å². The molecule has 11 nitrogen and oxygen atoms in total. The Labute approximate surface area is 210 Å². The van der Waals surface area contributed by atoms with Crippen LogP contribution in [0.3, 0.4) is 0 Å².